The van der Waals surface area contributed by atoms with Crippen LogP contribution in [0.4, 0.5) is 4.39 Å². The van der Waals surface area contributed by atoms with E-state index in [9.17, 15) is 4.39 Å². The Morgan fingerprint density at radius 2 is 2.00 bits per heavy atom. The van der Waals surface area contributed by atoms with Crippen LogP contribution in [0.15, 0.2) is 22.7 Å². The zero-order chi connectivity index (χ0) is 10.6. The van der Waals surface area contributed by atoms with Crippen molar-refractivity contribution in [2.24, 2.45) is 0 Å². The van der Waals surface area contributed by atoms with Gasteiger partial charge in [-0.05, 0) is 40.9 Å². The fourth-order valence-electron chi connectivity index (χ4n) is 1.21. The molecular weight excluding hydrogens is 247 g/mol. The van der Waals surface area contributed by atoms with Crippen molar-refractivity contribution in [3.63, 3.8) is 0 Å². The highest BCUT2D eigenvalue weighted by atomic mass is 79.9. The number of halogens is 2. The summed E-state index contributed by atoms with van der Waals surface area (Å²) < 4.78 is 19.2. The van der Waals surface area contributed by atoms with Gasteiger partial charge in [-0.1, -0.05) is 19.9 Å². The molecule has 0 aliphatic heterocycles. The minimum atomic E-state index is -0.284. The quantitative estimate of drug-likeness (QED) is 0.790. The van der Waals surface area contributed by atoms with Crippen molar-refractivity contribution in [3.8, 4) is 5.75 Å². The summed E-state index contributed by atoms with van der Waals surface area (Å²) >= 11 is 3.17. The summed E-state index contributed by atoms with van der Waals surface area (Å²) in [5, 5.41) is 0. The monoisotopic (exact) mass is 260 g/mol. The Balaban J connectivity index is 2.80. The Morgan fingerprint density at radius 1 is 1.36 bits per heavy atom. The number of ether oxygens (including phenoxy) is 1. The Kier molecular flexibility index (Phi) is 4.39. The summed E-state index contributed by atoms with van der Waals surface area (Å²) in [6.07, 6.45) is 2.02. The van der Waals surface area contributed by atoms with Gasteiger partial charge < -0.3 is 4.74 Å². The van der Waals surface area contributed by atoms with E-state index in [0.717, 1.165) is 12.8 Å². The lowest BCUT2D eigenvalue weighted by Gasteiger charge is -2.16. The van der Waals surface area contributed by atoms with E-state index in [0.29, 0.717) is 10.2 Å². The van der Waals surface area contributed by atoms with Crippen molar-refractivity contribution in [1.82, 2.24) is 0 Å². The van der Waals surface area contributed by atoms with Crippen molar-refractivity contribution >= 4 is 15.9 Å². The first kappa shape index (κ1) is 11.5. The first-order valence-electron chi connectivity index (χ1n) is 4.79. The fourth-order valence-corrected chi connectivity index (χ4v) is 1.57. The molecule has 1 aromatic carbocycles. The number of rotatable bonds is 4. The van der Waals surface area contributed by atoms with E-state index in [4.69, 9.17) is 4.74 Å². The van der Waals surface area contributed by atoms with Gasteiger partial charge in [0.05, 0.1) is 10.6 Å². The molecule has 1 aromatic rings. The van der Waals surface area contributed by atoms with Crippen LogP contribution in [0.2, 0.25) is 0 Å². The minimum Gasteiger partial charge on any atom is -0.489 e. The first-order chi connectivity index (χ1) is 6.69. The van der Waals surface area contributed by atoms with Gasteiger partial charge in [0.15, 0.2) is 0 Å². The SMILES string of the molecule is CCC(CC)Oc1cccc(F)c1Br. The van der Waals surface area contributed by atoms with Gasteiger partial charge in [0.2, 0.25) is 0 Å². The standard InChI is InChI=1S/C11H14BrFO/c1-3-8(4-2)14-10-7-5-6-9(13)11(10)12/h5-8H,3-4H2,1-2H3. The van der Waals surface area contributed by atoms with Crippen LogP contribution >= 0.6 is 15.9 Å². The summed E-state index contributed by atoms with van der Waals surface area (Å²) in [6, 6.07) is 4.83. The highest BCUT2D eigenvalue weighted by Gasteiger charge is 2.10. The van der Waals surface area contributed by atoms with Gasteiger partial charge >= 0.3 is 0 Å². The lowest BCUT2D eigenvalue weighted by molar-refractivity contribution is 0.190. The van der Waals surface area contributed by atoms with Crippen LogP contribution < -0.4 is 4.74 Å². The van der Waals surface area contributed by atoms with Crippen molar-refractivity contribution < 1.29 is 9.13 Å². The largest absolute Gasteiger partial charge is 0.489 e. The van der Waals surface area contributed by atoms with E-state index in [1.807, 2.05) is 0 Å². The maximum Gasteiger partial charge on any atom is 0.141 e. The Labute approximate surface area is 92.4 Å². The van der Waals surface area contributed by atoms with Crippen LogP contribution in [0, 0.1) is 5.82 Å². The maximum atomic E-state index is 13.1. The summed E-state index contributed by atoms with van der Waals surface area (Å²) in [5.74, 6) is 0.298. The van der Waals surface area contributed by atoms with Gasteiger partial charge in [-0.15, -0.1) is 0 Å². The normalized spacial score (nSPS) is 10.6. The van der Waals surface area contributed by atoms with Crippen LogP contribution in [0.25, 0.3) is 0 Å². The Bertz CT molecular complexity index is 297. The van der Waals surface area contributed by atoms with Gasteiger partial charge in [-0.3, -0.25) is 0 Å². The van der Waals surface area contributed by atoms with Crippen LogP contribution in [0.5, 0.6) is 5.75 Å². The second-order valence-corrected chi connectivity index (χ2v) is 3.90. The molecule has 0 saturated carbocycles. The zero-order valence-corrected chi connectivity index (χ0v) is 9.97. The Hall–Kier alpha value is -0.570. The molecule has 0 aliphatic rings. The smallest absolute Gasteiger partial charge is 0.141 e. The average molecular weight is 261 g/mol. The molecule has 3 heteroatoms. The molecule has 78 valence electrons. The molecule has 1 nitrogen and oxygen atoms in total. The third-order valence-electron chi connectivity index (χ3n) is 2.12. The molecule has 0 spiro atoms. The summed E-state index contributed by atoms with van der Waals surface area (Å²) in [4.78, 5) is 0. The molecule has 0 N–H and O–H groups in total. The van der Waals surface area contributed by atoms with Crippen molar-refractivity contribution in [3.05, 3.63) is 28.5 Å². The van der Waals surface area contributed by atoms with E-state index in [-0.39, 0.29) is 11.9 Å². The molecule has 0 atom stereocenters. The highest BCUT2D eigenvalue weighted by molar-refractivity contribution is 9.10. The number of benzene rings is 1. The molecule has 0 aliphatic carbocycles. The predicted molar refractivity (Wildman–Crippen MR) is 59.1 cm³/mol. The van der Waals surface area contributed by atoms with Crippen molar-refractivity contribution in [1.29, 1.82) is 0 Å². The van der Waals surface area contributed by atoms with Crippen LogP contribution in [0.1, 0.15) is 26.7 Å². The van der Waals surface area contributed by atoms with Gasteiger partial charge in [-0.2, -0.15) is 0 Å². The average Bonchev–Trinajstić information content (AvgIpc) is 2.20. The molecule has 0 heterocycles. The predicted octanol–water partition coefficient (Wildman–Crippen LogP) is 4.16. The fraction of sp³-hybridized carbons (Fsp3) is 0.455. The van der Waals surface area contributed by atoms with E-state index in [1.165, 1.54) is 6.07 Å². The van der Waals surface area contributed by atoms with Crippen LogP contribution in [0.3, 0.4) is 0 Å². The second kappa shape index (κ2) is 5.35. The van der Waals surface area contributed by atoms with Gasteiger partial charge in [-0.25, -0.2) is 4.39 Å². The van der Waals surface area contributed by atoms with Gasteiger partial charge in [0, 0.05) is 0 Å². The van der Waals surface area contributed by atoms with E-state index in [2.05, 4.69) is 29.8 Å². The molecule has 0 radical (unpaired) electrons. The first-order valence-corrected chi connectivity index (χ1v) is 5.59. The molecular formula is C11H14BrFO. The molecule has 0 saturated heterocycles. The molecule has 0 amide bonds. The maximum absolute atomic E-state index is 13.1. The minimum absolute atomic E-state index is 0.160. The van der Waals surface area contributed by atoms with Crippen LogP contribution in [-0.4, -0.2) is 6.10 Å². The second-order valence-electron chi connectivity index (χ2n) is 3.11. The van der Waals surface area contributed by atoms with Crippen LogP contribution in [-0.2, 0) is 0 Å². The van der Waals surface area contributed by atoms with Crippen molar-refractivity contribution in [2.45, 2.75) is 32.8 Å². The Morgan fingerprint density at radius 3 is 2.57 bits per heavy atom. The van der Waals surface area contributed by atoms with Gasteiger partial charge in [0.25, 0.3) is 0 Å². The zero-order valence-electron chi connectivity index (χ0n) is 8.39. The molecule has 1 rings (SSSR count). The molecule has 14 heavy (non-hydrogen) atoms. The molecule has 0 aromatic heterocycles. The molecule has 0 fully saturated rings. The molecule has 0 unspecified atom stereocenters. The molecule has 0 bridgehead atoms. The van der Waals surface area contributed by atoms with Crippen molar-refractivity contribution in [2.75, 3.05) is 0 Å². The third kappa shape index (κ3) is 2.71. The summed E-state index contributed by atoms with van der Waals surface area (Å²) in [7, 11) is 0. The highest BCUT2D eigenvalue weighted by Crippen LogP contribution is 2.28. The van der Waals surface area contributed by atoms with E-state index >= 15 is 0 Å². The lowest BCUT2D eigenvalue weighted by Crippen LogP contribution is -2.14. The van der Waals surface area contributed by atoms with E-state index < -0.39 is 0 Å². The number of hydrogen-bond acceptors (Lipinski definition) is 1. The summed E-state index contributed by atoms with van der Waals surface area (Å²) in [6.45, 7) is 4.11. The number of hydrogen-bond donors (Lipinski definition) is 0. The summed E-state index contributed by atoms with van der Waals surface area (Å²) in [5.41, 5.74) is 0. The third-order valence-corrected chi connectivity index (χ3v) is 2.89. The topological polar surface area (TPSA) is 9.23 Å². The lowest BCUT2D eigenvalue weighted by atomic mass is 10.2. The van der Waals surface area contributed by atoms with E-state index in [1.54, 1.807) is 12.1 Å². The van der Waals surface area contributed by atoms with Gasteiger partial charge in [0.1, 0.15) is 11.6 Å².